The molecule has 1 aromatic rings. The second kappa shape index (κ2) is 4.97. The molecule has 6 heteroatoms. The zero-order valence-electron chi connectivity index (χ0n) is 8.39. The number of H-pyrrole nitrogens is 1. The van der Waals surface area contributed by atoms with Gasteiger partial charge < -0.3 is 15.0 Å². The molecule has 2 N–H and O–H groups in total. The number of carbonyl (C=O) groups excluding carboxylic acids is 1. The first kappa shape index (κ1) is 11.8. The molecule has 0 saturated heterocycles. The molecule has 82 valence electrons. The van der Waals surface area contributed by atoms with Gasteiger partial charge in [0.25, 0.3) is 5.56 Å². The summed E-state index contributed by atoms with van der Waals surface area (Å²) in [4.78, 5) is 25.2. The van der Waals surface area contributed by atoms with Crippen molar-refractivity contribution in [3.63, 3.8) is 0 Å². The molecule has 0 fully saturated rings. The minimum atomic E-state index is -0.473. The van der Waals surface area contributed by atoms with Crippen LogP contribution in [-0.4, -0.2) is 24.6 Å². The summed E-state index contributed by atoms with van der Waals surface area (Å²) >= 11 is 3.05. The van der Waals surface area contributed by atoms with Gasteiger partial charge in [-0.25, -0.2) is 4.79 Å². The van der Waals surface area contributed by atoms with E-state index in [4.69, 9.17) is 4.74 Å². The maximum absolute atomic E-state index is 11.5. The van der Waals surface area contributed by atoms with Crippen LogP contribution in [0.4, 0.5) is 5.82 Å². The molecule has 0 aliphatic carbocycles. The molecular formula is C9H11BrN2O3. The lowest BCUT2D eigenvalue weighted by Gasteiger charge is -2.07. The van der Waals surface area contributed by atoms with Crippen LogP contribution < -0.4 is 10.9 Å². The highest BCUT2D eigenvalue weighted by Gasteiger charge is 2.14. The van der Waals surface area contributed by atoms with E-state index in [0.29, 0.717) is 22.5 Å². The van der Waals surface area contributed by atoms with Crippen molar-refractivity contribution in [2.75, 3.05) is 19.0 Å². The van der Waals surface area contributed by atoms with Gasteiger partial charge in [-0.15, -0.1) is 0 Å². The number of aromatic amines is 1. The van der Waals surface area contributed by atoms with Gasteiger partial charge in [0.2, 0.25) is 0 Å². The first-order valence-corrected chi connectivity index (χ1v) is 5.17. The maximum Gasteiger partial charge on any atom is 0.341 e. The van der Waals surface area contributed by atoms with Gasteiger partial charge in [0, 0.05) is 7.05 Å². The normalized spacial score (nSPS) is 9.80. The maximum atomic E-state index is 11.5. The minimum Gasteiger partial charge on any atom is -0.462 e. The number of hydrogen-bond acceptors (Lipinski definition) is 4. The van der Waals surface area contributed by atoms with Crippen molar-refractivity contribution >= 4 is 27.7 Å². The first-order chi connectivity index (χ1) is 7.10. The van der Waals surface area contributed by atoms with E-state index < -0.39 is 5.97 Å². The lowest BCUT2D eigenvalue weighted by molar-refractivity contribution is 0.0527. The molecular weight excluding hydrogens is 264 g/mol. The number of aromatic nitrogens is 1. The average Bonchev–Trinajstić information content (AvgIpc) is 2.21. The predicted molar refractivity (Wildman–Crippen MR) is 60.3 cm³/mol. The fourth-order valence-electron chi connectivity index (χ4n) is 1.07. The zero-order valence-corrected chi connectivity index (χ0v) is 9.97. The Bertz CT molecular complexity index is 428. The van der Waals surface area contributed by atoms with Crippen molar-refractivity contribution in [2.45, 2.75) is 6.92 Å². The Hall–Kier alpha value is -1.30. The van der Waals surface area contributed by atoms with Crippen LogP contribution in [0, 0.1) is 0 Å². The third kappa shape index (κ3) is 2.59. The highest BCUT2D eigenvalue weighted by atomic mass is 79.9. The van der Waals surface area contributed by atoms with E-state index in [9.17, 15) is 9.59 Å². The lowest BCUT2D eigenvalue weighted by atomic mass is 10.2. The number of halogens is 1. The van der Waals surface area contributed by atoms with Crippen LogP contribution in [0.3, 0.4) is 0 Å². The van der Waals surface area contributed by atoms with Gasteiger partial charge in [0.1, 0.15) is 11.4 Å². The number of ether oxygens (including phenoxy) is 1. The lowest BCUT2D eigenvalue weighted by Crippen LogP contribution is -2.16. The molecule has 0 aliphatic rings. The molecule has 5 nitrogen and oxygen atoms in total. The van der Waals surface area contributed by atoms with E-state index in [1.165, 1.54) is 6.07 Å². The van der Waals surface area contributed by atoms with Gasteiger partial charge in [-0.3, -0.25) is 4.79 Å². The molecule has 0 atom stereocenters. The number of hydrogen-bond donors (Lipinski definition) is 2. The number of anilines is 1. The molecule has 1 heterocycles. The first-order valence-electron chi connectivity index (χ1n) is 4.37. The monoisotopic (exact) mass is 274 g/mol. The Morgan fingerprint density at radius 2 is 2.33 bits per heavy atom. The van der Waals surface area contributed by atoms with Crippen LogP contribution in [0.5, 0.6) is 0 Å². The van der Waals surface area contributed by atoms with Crippen molar-refractivity contribution in [3.05, 3.63) is 26.5 Å². The Balaban J connectivity index is 3.21. The quantitative estimate of drug-likeness (QED) is 0.817. The number of esters is 1. The summed E-state index contributed by atoms with van der Waals surface area (Å²) in [7, 11) is 1.61. The topological polar surface area (TPSA) is 71.2 Å². The van der Waals surface area contributed by atoms with E-state index in [1.807, 2.05) is 0 Å². The average molecular weight is 275 g/mol. The Morgan fingerprint density at radius 1 is 1.67 bits per heavy atom. The van der Waals surface area contributed by atoms with Crippen LogP contribution in [0.25, 0.3) is 0 Å². The molecule has 0 bridgehead atoms. The largest absolute Gasteiger partial charge is 0.462 e. The molecule has 1 aromatic heterocycles. The van der Waals surface area contributed by atoms with E-state index in [1.54, 1.807) is 14.0 Å². The molecule has 1 rings (SSSR count). The van der Waals surface area contributed by atoms with Crippen molar-refractivity contribution in [3.8, 4) is 0 Å². The highest BCUT2D eigenvalue weighted by molar-refractivity contribution is 9.10. The minimum absolute atomic E-state index is 0.290. The van der Waals surface area contributed by atoms with Crippen molar-refractivity contribution in [1.82, 2.24) is 4.98 Å². The zero-order chi connectivity index (χ0) is 11.4. The van der Waals surface area contributed by atoms with Gasteiger partial charge in [0.15, 0.2) is 0 Å². The summed E-state index contributed by atoms with van der Waals surface area (Å²) in [6.07, 6.45) is 0. The van der Waals surface area contributed by atoms with Crippen molar-refractivity contribution < 1.29 is 9.53 Å². The SMILES string of the molecule is CCOC(=O)c1cc(Br)c(=O)[nH]c1NC. The number of pyridine rings is 1. The molecule has 0 unspecified atom stereocenters. The Morgan fingerprint density at radius 3 is 2.87 bits per heavy atom. The van der Waals surface area contributed by atoms with Gasteiger partial charge in [0.05, 0.1) is 11.1 Å². The summed E-state index contributed by atoms with van der Waals surface area (Å²) in [5.74, 6) is -0.125. The van der Waals surface area contributed by atoms with Gasteiger partial charge >= 0.3 is 5.97 Å². The summed E-state index contributed by atoms with van der Waals surface area (Å²) in [6, 6.07) is 1.43. The molecule has 0 amide bonds. The second-order valence-corrected chi connectivity index (χ2v) is 3.56. The summed E-state index contributed by atoms with van der Waals surface area (Å²) in [5, 5.41) is 2.73. The standard InChI is InChI=1S/C9H11BrN2O3/c1-3-15-9(14)5-4-6(10)8(13)12-7(5)11-2/h4H,3H2,1-2H3,(H2,11,12,13). The van der Waals surface area contributed by atoms with Crippen LogP contribution in [0.2, 0.25) is 0 Å². The third-order valence-electron chi connectivity index (χ3n) is 1.74. The number of carbonyl (C=O) groups is 1. The van der Waals surface area contributed by atoms with E-state index in [0.717, 1.165) is 0 Å². The van der Waals surface area contributed by atoms with Gasteiger partial charge in [-0.2, -0.15) is 0 Å². The summed E-state index contributed by atoms with van der Waals surface area (Å²) in [6.45, 7) is 2.01. The third-order valence-corrected chi connectivity index (χ3v) is 2.33. The molecule has 0 aromatic carbocycles. The molecule has 0 aliphatic heterocycles. The number of rotatable bonds is 3. The fraction of sp³-hybridized carbons (Fsp3) is 0.333. The van der Waals surface area contributed by atoms with Crippen LogP contribution in [0.1, 0.15) is 17.3 Å². The highest BCUT2D eigenvalue weighted by Crippen LogP contribution is 2.15. The second-order valence-electron chi connectivity index (χ2n) is 2.71. The molecule has 0 spiro atoms. The predicted octanol–water partition coefficient (Wildman–Crippen LogP) is 1.36. The summed E-state index contributed by atoms with van der Waals surface area (Å²) in [5.41, 5.74) is -0.00164. The van der Waals surface area contributed by atoms with E-state index in [-0.39, 0.29) is 5.56 Å². The molecule has 15 heavy (non-hydrogen) atoms. The van der Waals surface area contributed by atoms with Crippen molar-refractivity contribution in [1.29, 1.82) is 0 Å². The van der Waals surface area contributed by atoms with Gasteiger partial charge in [-0.1, -0.05) is 0 Å². The van der Waals surface area contributed by atoms with Crippen LogP contribution in [0.15, 0.2) is 15.3 Å². The summed E-state index contributed by atoms with van der Waals surface area (Å²) < 4.78 is 5.14. The van der Waals surface area contributed by atoms with E-state index in [2.05, 4.69) is 26.2 Å². The Kier molecular flexibility index (Phi) is 3.90. The van der Waals surface area contributed by atoms with Crippen molar-refractivity contribution in [2.24, 2.45) is 0 Å². The fourth-order valence-corrected chi connectivity index (χ4v) is 1.40. The number of nitrogens with one attached hydrogen (secondary N) is 2. The van der Waals surface area contributed by atoms with Gasteiger partial charge in [-0.05, 0) is 28.9 Å². The molecule has 0 saturated carbocycles. The van der Waals surface area contributed by atoms with Crippen LogP contribution >= 0.6 is 15.9 Å². The van der Waals surface area contributed by atoms with E-state index >= 15 is 0 Å². The Labute approximate surface area is 95.0 Å². The smallest absolute Gasteiger partial charge is 0.341 e. The molecule has 0 radical (unpaired) electrons. The van der Waals surface area contributed by atoms with Crippen LogP contribution in [-0.2, 0) is 4.74 Å².